The Kier molecular flexibility index (Phi) is 5.91. The quantitative estimate of drug-likeness (QED) is 0.447. The van der Waals surface area contributed by atoms with Gasteiger partial charge in [0.1, 0.15) is 6.10 Å². The van der Waals surface area contributed by atoms with Crippen molar-refractivity contribution in [3.05, 3.63) is 66.1 Å². The van der Waals surface area contributed by atoms with Gasteiger partial charge in [-0.3, -0.25) is 0 Å². The van der Waals surface area contributed by atoms with Crippen LogP contribution in [0.15, 0.2) is 54.9 Å². The number of pyridine rings is 1. The molecule has 0 radical (unpaired) electrons. The van der Waals surface area contributed by atoms with Crippen LogP contribution in [-0.2, 0) is 10.0 Å². The molecule has 0 aliphatic carbocycles. The lowest BCUT2D eigenvalue weighted by molar-refractivity contribution is 0.131. The minimum absolute atomic E-state index is 0.0690. The minimum atomic E-state index is -3.18. The molecule has 1 aromatic carbocycles. The van der Waals surface area contributed by atoms with Gasteiger partial charge in [0.05, 0.1) is 29.2 Å². The molecule has 1 saturated heterocycles. The Morgan fingerprint density at radius 2 is 1.94 bits per heavy atom. The van der Waals surface area contributed by atoms with Crippen molar-refractivity contribution in [2.75, 3.05) is 24.7 Å². The molecule has 0 amide bonds. The largest absolute Gasteiger partial charge is 0.474 e. The van der Waals surface area contributed by atoms with Gasteiger partial charge in [0.2, 0.25) is 15.9 Å². The molecule has 1 aliphatic rings. The average Bonchev–Trinajstić information content (AvgIpc) is 3.29. The van der Waals surface area contributed by atoms with Crippen LogP contribution >= 0.6 is 0 Å². The van der Waals surface area contributed by atoms with Crippen molar-refractivity contribution in [1.82, 2.24) is 18.9 Å². The van der Waals surface area contributed by atoms with E-state index in [0.717, 1.165) is 33.2 Å². The van der Waals surface area contributed by atoms with Crippen molar-refractivity contribution in [2.24, 2.45) is 0 Å². The van der Waals surface area contributed by atoms with E-state index in [-0.39, 0.29) is 12.1 Å². The zero-order valence-corrected chi connectivity index (χ0v) is 20.4. The Hall–Kier alpha value is -3.17. The van der Waals surface area contributed by atoms with Crippen LogP contribution in [0.1, 0.15) is 37.1 Å². The topological polar surface area (TPSA) is 88.8 Å². The Balaban J connectivity index is 1.44. The van der Waals surface area contributed by atoms with E-state index in [1.807, 2.05) is 35.0 Å². The number of benzene rings is 1. The third-order valence-corrected chi connectivity index (χ3v) is 7.76. The van der Waals surface area contributed by atoms with Crippen LogP contribution in [0, 0.1) is 6.92 Å². The number of hydrogen-bond donors (Lipinski definition) is 1. The van der Waals surface area contributed by atoms with Gasteiger partial charge in [0.25, 0.3) is 0 Å². The molecule has 4 aromatic rings. The number of rotatable bonds is 6. The van der Waals surface area contributed by atoms with Gasteiger partial charge in [0, 0.05) is 30.9 Å². The lowest BCUT2D eigenvalue weighted by Crippen LogP contribution is -2.41. The Labute approximate surface area is 199 Å². The highest BCUT2D eigenvalue weighted by atomic mass is 32.2. The second-order valence-corrected chi connectivity index (χ2v) is 10.9. The zero-order valence-electron chi connectivity index (χ0n) is 19.6. The van der Waals surface area contributed by atoms with E-state index in [9.17, 15) is 8.42 Å². The number of nitrogens with zero attached hydrogens (tertiary/aromatic N) is 4. The molecule has 178 valence electrons. The summed E-state index contributed by atoms with van der Waals surface area (Å²) in [5.41, 5.74) is 3.96. The van der Waals surface area contributed by atoms with Crippen molar-refractivity contribution in [3.63, 3.8) is 0 Å². The van der Waals surface area contributed by atoms with E-state index < -0.39 is 10.0 Å². The summed E-state index contributed by atoms with van der Waals surface area (Å²) in [6, 6.07) is 14.2. The first-order chi connectivity index (χ1) is 16.3. The average molecular weight is 480 g/mol. The summed E-state index contributed by atoms with van der Waals surface area (Å²) in [6.07, 6.45) is 6.16. The highest BCUT2D eigenvalue weighted by Gasteiger charge is 2.27. The van der Waals surface area contributed by atoms with Crippen molar-refractivity contribution < 1.29 is 13.2 Å². The number of ether oxygens (including phenoxy) is 1. The van der Waals surface area contributed by atoms with E-state index >= 15 is 0 Å². The van der Waals surface area contributed by atoms with Gasteiger partial charge in [-0.25, -0.2) is 22.2 Å². The maximum atomic E-state index is 11.9. The van der Waals surface area contributed by atoms with Crippen LogP contribution in [0.3, 0.4) is 0 Å². The molecule has 34 heavy (non-hydrogen) atoms. The van der Waals surface area contributed by atoms with Gasteiger partial charge in [-0.1, -0.05) is 18.2 Å². The molecule has 3 aromatic heterocycles. The number of aryl methyl sites for hydroxylation is 1. The highest BCUT2D eigenvalue weighted by molar-refractivity contribution is 7.88. The molecule has 1 atom stereocenters. The molecule has 5 rings (SSSR count). The number of aromatic nitrogens is 3. The predicted molar refractivity (Wildman–Crippen MR) is 134 cm³/mol. The van der Waals surface area contributed by atoms with Gasteiger partial charge >= 0.3 is 0 Å². The highest BCUT2D eigenvalue weighted by Crippen LogP contribution is 2.33. The molecule has 1 N–H and O–H groups in total. The number of nitrogens with one attached hydrogen (secondary N) is 1. The molecule has 9 heteroatoms. The van der Waals surface area contributed by atoms with E-state index in [1.165, 1.54) is 10.6 Å². The Bertz CT molecular complexity index is 1440. The molecule has 0 bridgehead atoms. The van der Waals surface area contributed by atoms with Crippen LogP contribution in [0.25, 0.3) is 16.3 Å². The van der Waals surface area contributed by atoms with E-state index in [0.29, 0.717) is 31.8 Å². The van der Waals surface area contributed by atoms with E-state index in [1.54, 1.807) is 6.20 Å². The molecule has 8 nitrogen and oxygen atoms in total. The van der Waals surface area contributed by atoms with E-state index in [2.05, 4.69) is 42.5 Å². The fourth-order valence-corrected chi connectivity index (χ4v) is 5.47. The molecular weight excluding hydrogens is 450 g/mol. The number of fused-ring (bicyclic) bond motifs is 2. The molecular formula is C25H29N5O3S. The second kappa shape index (κ2) is 8.88. The summed E-state index contributed by atoms with van der Waals surface area (Å²) in [5, 5.41) is 9.98. The first-order valence-electron chi connectivity index (χ1n) is 11.5. The summed E-state index contributed by atoms with van der Waals surface area (Å²) >= 11 is 0. The standard InChI is InChI=1S/C25H29N5O3S/c1-17-6-4-7-19-16-22(18(2)27-21-9-12-26-30-13-5-8-23(21)30)28-25(24(17)19)33-20-10-14-29(15-11-20)34(3,31)32/h4-9,12-13,16,18,20,27H,10-11,14-15H2,1-3H3/t18-/m0/s1. The van der Waals surface area contributed by atoms with E-state index in [4.69, 9.17) is 9.72 Å². The van der Waals surface area contributed by atoms with Gasteiger partial charge in [-0.15, -0.1) is 0 Å². The third-order valence-electron chi connectivity index (χ3n) is 6.45. The lowest BCUT2D eigenvalue weighted by Gasteiger charge is -2.30. The van der Waals surface area contributed by atoms with Crippen LogP contribution in [0.5, 0.6) is 5.88 Å². The third kappa shape index (κ3) is 4.45. The van der Waals surface area contributed by atoms with Crippen molar-refractivity contribution in [3.8, 4) is 5.88 Å². The first kappa shape index (κ1) is 22.6. The fourth-order valence-electron chi connectivity index (χ4n) is 4.59. The zero-order chi connectivity index (χ0) is 23.9. The van der Waals surface area contributed by atoms with Crippen LogP contribution in [0.4, 0.5) is 5.69 Å². The lowest BCUT2D eigenvalue weighted by atomic mass is 10.0. The summed E-state index contributed by atoms with van der Waals surface area (Å²) in [6.45, 7) is 5.07. The fraction of sp³-hybridized carbons (Fsp3) is 0.360. The SMILES string of the molecule is Cc1cccc2cc([C@H](C)Nc3ccnn4cccc34)nc(OC3CCN(S(C)(=O)=O)CC3)c12. The Morgan fingerprint density at radius 3 is 2.71 bits per heavy atom. The van der Waals surface area contributed by atoms with Crippen molar-refractivity contribution in [1.29, 1.82) is 0 Å². The predicted octanol–water partition coefficient (Wildman–Crippen LogP) is 4.17. The molecule has 0 unspecified atom stereocenters. The summed E-state index contributed by atoms with van der Waals surface area (Å²) in [5.74, 6) is 0.611. The van der Waals surface area contributed by atoms with Gasteiger partial charge in [-0.2, -0.15) is 5.10 Å². The number of piperidine rings is 1. The van der Waals surface area contributed by atoms with Crippen LogP contribution < -0.4 is 10.1 Å². The van der Waals surface area contributed by atoms with Crippen molar-refractivity contribution >= 4 is 32.0 Å². The molecule has 1 aliphatic heterocycles. The molecule has 1 fully saturated rings. The van der Waals surface area contributed by atoms with Crippen molar-refractivity contribution in [2.45, 2.75) is 38.8 Å². The maximum absolute atomic E-state index is 11.9. The summed E-state index contributed by atoms with van der Waals surface area (Å²) < 4.78 is 33.5. The van der Waals surface area contributed by atoms with Gasteiger partial charge in [0.15, 0.2) is 0 Å². The second-order valence-electron chi connectivity index (χ2n) is 8.95. The molecule has 0 spiro atoms. The number of anilines is 1. The maximum Gasteiger partial charge on any atom is 0.222 e. The number of sulfonamides is 1. The van der Waals surface area contributed by atoms with Crippen LogP contribution in [-0.4, -0.2) is 52.8 Å². The first-order valence-corrected chi connectivity index (χ1v) is 13.4. The summed E-state index contributed by atoms with van der Waals surface area (Å²) in [4.78, 5) is 4.95. The smallest absolute Gasteiger partial charge is 0.222 e. The number of hydrogen-bond acceptors (Lipinski definition) is 6. The monoisotopic (exact) mass is 479 g/mol. The normalized spacial score (nSPS) is 16.7. The summed E-state index contributed by atoms with van der Waals surface area (Å²) in [7, 11) is -3.18. The Morgan fingerprint density at radius 1 is 1.15 bits per heavy atom. The minimum Gasteiger partial charge on any atom is -0.474 e. The molecule has 0 saturated carbocycles. The van der Waals surface area contributed by atoms with Crippen LogP contribution in [0.2, 0.25) is 0 Å². The van der Waals surface area contributed by atoms with Gasteiger partial charge < -0.3 is 10.1 Å². The van der Waals surface area contributed by atoms with Gasteiger partial charge in [-0.05, 0) is 61.9 Å². The molecule has 4 heterocycles.